The number of nitrogens with zero attached hydrogens (tertiary/aromatic N) is 3. The molecule has 0 unspecified atom stereocenters. The number of hydrogen-bond donors (Lipinski definition) is 1. The van der Waals surface area contributed by atoms with Crippen LogP contribution in [0.25, 0.3) is 11.3 Å². The van der Waals surface area contributed by atoms with Crippen LogP contribution in [0.3, 0.4) is 0 Å². The third-order valence-corrected chi connectivity index (χ3v) is 5.01. The number of anilines is 1. The van der Waals surface area contributed by atoms with Gasteiger partial charge in [-0.15, -0.1) is 0 Å². The van der Waals surface area contributed by atoms with Gasteiger partial charge in [0.05, 0.1) is 17.5 Å². The van der Waals surface area contributed by atoms with E-state index in [-0.39, 0.29) is 5.91 Å². The number of nitrogens with one attached hydrogen (secondary N) is 1. The summed E-state index contributed by atoms with van der Waals surface area (Å²) >= 11 is 5.97. The number of fused-ring (bicyclic) bond motifs is 1. The fraction of sp³-hybridized carbons (Fsp3) is 0.200. The summed E-state index contributed by atoms with van der Waals surface area (Å²) in [5, 5.41) is 7.72. The van der Waals surface area contributed by atoms with Crippen molar-refractivity contribution in [3.8, 4) is 11.3 Å². The molecule has 1 aliphatic rings. The highest BCUT2D eigenvalue weighted by molar-refractivity contribution is 6.30. The quantitative estimate of drug-likeness (QED) is 0.750. The van der Waals surface area contributed by atoms with Crippen LogP contribution in [0.2, 0.25) is 5.02 Å². The van der Waals surface area contributed by atoms with Crippen LogP contribution in [-0.4, -0.2) is 41.1 Å². The molecule has 5 nitrogen and oxygen atoms in total. The Balaban J connectivity index is 1.65. The number of aromatic amines is 1. The number of para-hydroxylation sites is 1. The molecule has 1 N–H and O–H groups in total. The molecule has 1 aliphatic heterocycles. The zero-order valence-electron chi connectivity index (χ0n) is 14.4. The molecular formula is C20H19ClN4O. The summed E-state index contributed by atoms with van der Waals surface area (Å²) in [6.45, 7) is 2.04. The zero-order valence-corrected chi connectivity index (χ0v) is 15.2. The molecule has 26 heavy (non-hydrogen) atoms. The third kappa shape index (κ3) is 3.06. The maximum absolute atomic E-state index is 13.2. The van der Waals surface area contributed by atoms with Gasteiger partial charge in [-0.05, 0) is 23.8 Å². The van der Waals surface area contributed by atoms with Gasteiger partial charge in [-0.2, -0.15) is 5.10 Å². The molecule has 0 saturated carbocycles. The van der Waals surface area contributed by atoms with Gasteiger partial charge in [0.15, 0.2) is 0 Å². The average Bonchev–Trinajstić information content (AvgIpc) is 3.08. The standard InChI is InChI=1S/C20H19ClN4O/c1-24-10-11-25(13-15-4-2-3-5-18(15)24)20(26)17-12-22-23-19(17)14-6-8-16(21)9-7-14/h2-9,12H,10-11,13H2,1H3,(H,22,23). The van der Waals surface area contributed by atoms with Crippen LogP contribution in [0.5, 0.6) is 0 Å². The van der Waals surface area contributed by atoms with Gasteiger partial charge in [0.1, 0.15) is 0 Å². The fourth-order valence-electron chi connectivity index (χ4n) is 3.32. The first-order valence-corrected chi connectivity index (χ1v) is 8.89. The molecule has 2 aromatic carbocycles. The minimum absolute atomic E-state index is 0.0196. The number of carbonyl (C=O) groups excluding carboxylic acids is 1. The van der Waals surface area contributed by atoms with Crippen LogP contribution >= 0.6 is 11.6 Å². The van der Waals surface area contributed by atoms with E-state index >= 15 is 0 Å². The summed E-state index contributed by atoms with van der Waals surface area (Å²) in [5.74, 6) is -0.0196. The predicted molar refractivity (Wildman–Crippen MR) is 103 cm³/mol. The van der Waals surface area contributed by atoms with Gasteiger partial charge in [-0.25, -0.2) is 0 Å². The fourth-order valence-corrected chi connectivity index (χ4v) is 3.45. The van der Waals surface area contributed by atoms with Crippen LogP contribution in [0, 0.1) is 0 Å². The Morgan fingerprint density at radius 2 is 1.88 bits per heavy atom. The first kappa shape index (κ1) is 16.7. The Morgan fingerprint density at radius 1 is 1.12 bits per heavy atom. The van der Waals surface area contributed by atoms with Gasteiger partial charge in [0.25, 0.3) is 5.91 Å². The molecule has 0 radical (unpaired) electrons. The molecule has 2 heterocycles. The summed E-state index contributed by atoms with van der Waals surface area (Å²) in [5.41, 5.74) is 4.51. The van der Waals surface area contributed by atoms with E-state index in [1.54, 1.807) is 6.20 Å². The number of carbonyl (C=O) groups is 1. The Bertz CT molecular complexity index is 935. The Hall–Kier alpha value is -2.79. The first-order chi connectivity index (χ1) is 12.6. The molecule has 1 amide bonds. The minimum Gasteiger partial charge on any atom is -0.373 e. The second-order valence-electron chi connectivity index (χ2n) is 6.44. The molecule has 132 valence electrons. The van der Waals surface area contributed by atoms with E-state index in [2.05, 4.69) is 34.3 Å². The van der Waals surface area contributed by atoms with Crippen molar-refractivity contribution in [1.29, 1.82) is 0 Å². The van der Waals surface area contributed by atoms with Crippen LogP contribution < -0.4 is 4.90 Å². The normalized spacial score (nSPS) is 14.1. The van der Waals surface area contributed by atoms with Crippen molar-refractivity contribution in [2.24, 2.45) is 0 Å². The van der Waals surface area contributed by atoms with Gasteiger partial charge in [-0.3, -0.25) is 9.89 Å². The Morgan fingerprint density at radius 3 is 2.69 bits per heavy atom. The SMILES string of the molecule is CN1CCN(C(=O)c2cn[nH]c2-c2ccc(Cl)cc2)Cc2ccccc21. The molecule has 0 fully saturated rings. The number of benzene rings is 2. The van der Waals surface area contributed by atoms with E-state index in [0.717, 1.165) is 23.4 Å². The van der Waals surface area contributed by atoms with E-state index in [4.69, 9.17) is 11.6 Å². The Labute approximate surface area is 157 Å². The molecule has 0 bridgehead atoms. The highest BCUT2D eigenvalue weighted by Crippen LogP contribution is 2.27. The number of likely N-dealkylation sites (N-methyl/N-ethyl adjacent to an activating group) is 1. The molecule has 0 atom stereocenters. The number of halogens is 1. The Kier molecular flexibility index (Phi) is 4.39. The first-order valence-electron chi connectivity index (χ1n) is 8.51. The summed E-state index contributed by atoms with van der Waals surface area (Å²) in [4.78, 5) is 17.3. The van der Waals surface area contributed by atoms with E-state index in [1.165, 1.54) is 5.69 Å². The monoisotopic (exact) mass is 366 g/mol. The maximum Gasteiger partial charge on any atom is 0.258 e. The zero-order chi connectivity index (χ0) is 18.1. The molecule has 1 aromatic heterocycles. The third-order valence-electron chi connectivity index (χ3n) is 4.76. The van der Waals surface area contributed by atoms with Gasteiger partial charge < -0.3 is 9.80 Å². The van der Waals surface area contributed by atoms with Crippen molar-refractivity contribution in [2.45, 2.75) is 6.54 Å². The summed E-state index contributed by atoms with van der Waals surface area (Å²) < 4.78 is 0. The minimum atomic E-state index is -0.0196. The predicted octanol–water partition coefficient (Wildman–Crippen LogP) is 3.82. The molecule has 0 spiro atoms. The van der Waals surface area contributed by atoms with Gasteiger partial charge in [0, 0.05) is 43.0 Å². The van der Waals surface area contributed by atoms with Gasteiger partial charge in [0.2, 0.25) is 0 Å². The van der Waals surface area contributed by atoms with Crippen molar-refractivity contribution >= 4 is 23.2 Å². The van der Waals surface area contributed by atoms with Crippen molar-refractivity contribution in [3.63, 3.8) is 0 Å². The molecule has 3 aromatic rings. The number of aromatic nitrogens is 2. The van der Waals surface area contributed by atoms with Gasteiger partial charge >= 0.3 is 0 Å². The summed E-state index contributed by atoms with van der Waals surface area (Å²) in [6.07, 6.45) is 1.60. The average molecular weight is 367 g/mol. The molecular weight excluding hydrogens is 348 g/mol. The highest BCUT2D eigenvalue weighted by atomic mass is 35.5. The summed E-state index contributed by atoms with van der Waals surface area (Å²) in [7, 11) is 2.06. The smallest absolute Gasteiger partial charge is 0.258 e. The summed E-state index contributed by atoms with van der Waals surface area (Å²) in [6, 6.07) is 15.6. The topological polar surface area (TPSA) is 52.2 Å². The van der Waals surface area contributed by atoms with Crippen molar-refractivity contribution < 1.29 is 4.79 Å². The molecule has 6 heteroatoms. The number of amides is 1. The van der Waals surface area contributed by atoms with Crippen LogP contribution in [-0.2, 0) is 6.54 Å². The highest BCUT2D eigenvalue weighted by Gasteiger charge is 2.25. The van der Waals surface area contributed by atoms with Crippen molar-refractivity contribution in [1.82, 2.24) is 15.1 Å². The van der Waals surface area contributed by atoms with Crippen LogP contribution in [0.4, 0.5) is 5.69 Å². The van der Waals surface area contributed by atoms with Crippen molar-refractivity contribution in [3.05, 3.63) is 70.9 Å². The van der Waals surface area contributed by atoms with E-state index < -0.39 is 0 Å². The lowest BCUT2D eigenvalue weighted by atomic mass is 10.1. The van der Waals surface area contributed by atoms with Crippen LogP contribution in [0.1, 0.15) is 15.9 Å². The molecule has 0 aliphatic carbocycles. The second-order valence-corrected chi connectivity index (χ2v) is 6.88. The largest absolute Gasteiger partial charge is 0.373 e. The van der Waals surface area contributed by atoms with E-state index in [1.807, 2.05) is 41.3 Å². The second kappa shape index (κ2) is 6.84. The van der Waals surface area contributed by atoms with Crippen molar-refractivity contribution in [2.75, 3.05) is 25.0 Å². The van der Waals surface area contributed by atoms with Gasteiger partial charge in [-0.1, -0.05) is 41.9 Å². The lowest BCUT2D eigenvalue weighted by Gasteiger charge is -2.21. The number of H-pyrrole nitrogens is 1. The molecule has 0 saturated heterocycles. The van der Waals surface area contributed by atoms with Crippen LogP contribution in [0.15, 0.2) is 54.7 Å². The molecule has 4 rings (SSSR count). The van der Waals surface area contributed by atoms with E-state index in [0.29, 0.717) is 23.7 Å². The van der Waals surface area contributed by atoms with E-state index in [9.17, 15) is 4.79 Å². The lowest BCUT2D eigenvalue weighted by molar-refractivity contribution is 0.0752. The number of hydrogen-bond acceptors (Lipinski definition) is 3. The number of rotatable bonds is 2. The lowest BCUT2D eigenvalue weighted by Crippen LogP contribution is -2.34. The maximum atomic E-state index is 13.2.